The zero-order valence-electron chi connectivity index (χ0n) is 30.6. The molecule has 0 atom stereocenters. The van der Waals surface area contributed by atoms with E-state index < -0.39 is 8.07 Å². The van der Waals surface area contributed by atoms with Gasteiger partial charge in [-0.25, -0.2) is 9.97 Å². The highest BCUT2D eigenvalue weighted by molar-refractivity contribution is 7.19. The highest BCUT2D eigenvalue weighted by atomic mass is 28.3. The topological polar surface area (TPSA) is 38.9 Å². The number of fused-ring (bicyclic) bond motifs is 3. The first kappa shape index (κ1) is 33.4. The van der Waals surface area contributed by atoms with E-state index in [-0.39, 0.29) is 0 Å². The molecule has 3 nitrogen and oxygen atoms in total. The predicted octanol–water partition coefficient (Wildman–Crippen LogP) is 10.4. The van der Waals surface area contributed by atoms with Gasteiger partial charge < -0.3 is 4.42 Å². The van der Waals surface area contributed by atoms with E-state index in [1.165, 1.54) is 20.7 Å². The maximum atomic E-state index is 6.50. The van der Waals surface area contributed by atoms with Crippen LogP contribution in [0, 0.1) is 0 Å². The first-order chi connectivity index (χ1) is 27.8. The van der Waals surface area contributed by atoms with Gasteiger partial charge in [0, 0.05) is 16.5 Å². The second kappa shape index (κ2) is 14.3. The van der Waals surface area contributed by atoms with Crippen molar-refractivity contribution in [3.05, 3.63) is 218 Å². The molecule has 0 N–H and O–H groups in total. The number of hydrogen-bond donors (Lipinski definition) is 0. The maximum absolute atomic E-state index is 6.50. The van der Waals surface area contributed by atoms with Crippen molar-refractivity contribution in [2.75, 3.05) is 0 Å². The first-order valence-electron chi connectivity index (χ1n) is 19.0. The largest absolute Gasteiger partial charge is 0.452 e. The van der Waals surface area contributed by atoms with E-state index in [0.29, 0.717) is 11.4 Å². The summed E-state index contributed by atoms with van der Waals surface area (Å²) in [6.07, 6.45) is 0. The molecule has 0 saturated heterocycles. The molecule has 56 heavy (non-hydrogen) atoms. The van der Waals surface area contributed by atoms with Gasteiger partial charge >= 0.3 is 0 Å². The van der Waals surface area contributed by atoms with Crippen molar-refractivity contribution >= 4 is 50.9 Å². The highest BCUT2D eigenvalue weighted by Gasteiger charge is 2.41. The molecule has 0 aliphatic heterocycles. The summed E-state index contributed by atoms with van der Waals surface area (Å²) in [4.78, 5) is 10.5. The van der Waals surface area contributed by atoms with Crippen molar-refractivity contribution in [2.24, 2.45) is 0 Å². The van der Waals surface area contributed by atoms with Crippen molar-refractivity contribution in [1.29, 1.82) is 0 Å². The molecule has 0 unspecified atom stereocenters. The third kappa shape index (κ3) is 5.84. The van der Waals surface area contributed by atoms with E-state index in [4.69, 9.17) is 14.4 Å². The SMILES string of the molecule is c1ccc(-c2cccc(-c3nc(-c4cccc(-c5cccc([Si](c6ccccc6)(c6ccccc6)c6ccccc6)c5)c4)nc4c3oc3ccccc34)c2)cc1. The summed E-state index contributed by atoms with van der Waals surface area (Å²) in [5, 5.41) is 6.34. The number of rotatable bonds is 8. The Morgan fingerprint density at radius 2 is 0.786 bits per heavy atom. The average molecular weight is 733 g/mol. The molecule has 10 rings (SSSR count). The van der Waals surface area contributed by atoms with Crippen LogP contribution in [0.1, 0.15) is 0 Å². The highest BCUT2D eigenvalue weighted by Crippen LogP contribution is 2.37. The van der Waals surface area contributed by atoms with Crippen LogP contribution in [0.4, 0.5) is 0 Å². The minimum absolute atomic E-state index is 0.656. The third-order valence-corrected chi connectivity index (χ3v) is 15.6. The Bertz CT molecular complexity index is 2870. The molecular formula is C52H36N2OSi. The van der Waals surface area contributed by atoms with Crippen LogP contribution in [0.3, 0.4) is 0 Å². The second-order valence-electron chi connectivity index (χ2n) is 14.1. The molecule has 0 fully saturated rings. The van der Waals surface area contributed by atoms with Crippen LogP contribution < -0.4 is 20.7 Å². The van der Waals surface area contributed by atoms with Crippen LogP contribution >= 0.6 is 0 Å². The van der Waals surface area contributed by atoms with Crippen LogP contribution in [-0.2, 0) is 0 Å². The van der Waals surface area contributed by atoms with E-state index in [9.17, 15) is 0 Å². The van der Waals surface area contributed by atoms with Crippen LogP contribution in [0.25, 0.3) is 67.0 Å². The van der Waals surface area contributed by atoms with E-state index in [0.717, 1.165) is 55.6 Å². The van der Waals surface area contributed by atoms with Crippen LogP contribution in [0.2, 0.25) is 0 Å². The fraction of sp³-hybridized carbons (Fsp3) is 0. The molecule has 0 radical (unpaired) electrons. The van der Waals surface area contributed by atoms with E-state index in [2.05, 4.69) is 194 Å². The molecule has 0 saturated carbocycles. The third-order valence-electron chi connectivity index (χ3n) is 10.8. The summed E-state index contributed by atoms with van der Waals surface area (Å²) in [6, 6.07) is 78.1. The molecule has 2 heterocycles. The average Bonchev–Trinajstić information content (AvgIpc) is 3.67. The summed E-state index contributed by atoms with van der Waals surface area (Å²) in [5.41, 5.74) is 9.51. The van der Waals surface area contributed by atoms with Crippen LogP contribution in [0.15, 0.2) is 223 Å². The number of benzene rings is 8. The second-order valence-corrected chi connectivity index (χ2v) is 17.9. The van der Waals surface area contributed by atoms with Gasteiger partial charge in [-0.15, -0.1) is 0 Å². The molecular weight excluding hydrogens is 697 g/mol. The van der Waals surface area contributed by atoms with Gasteiger partial charge in [0.25, 0.3) is 0 Å². The van der Waals surface area contributed by atoms with Crippen molar-refractivity contribution < 1.29 is 4.42 Å². The van der Waals surface area contributed by atoms with Gasteiger partial charge in [0.15, 0.2) is 19.5 Å². The molecule has 0 bridgehead atoms. The predicted molar refractivity (Wildman–Crippen MR) is 235 cm³/mol. The number of hydrogen-bond acceptors (Lipinski definition) is 3. The lowest BCUT2D eigenvalue weighted by Gasteiger charge is -2.34. The van der Waals surface area contributed by atoms with Gasteiger partial charge in [-0.05, 0) is 67.3 Å². The Balaban J connectivity index is 1.14. The van der Waals surface area contributed by atoms with Crippen molar-refractivity contribution in [2.45, 2.75) is 0 Å². The van der Waals surface area contributed by atoms with Gasteiger partial charge in [-0.2, -0.15) is 0 Å². The Morgan fingerprint density at radius 3 is 1.43 bits per heavy atom. The molecule has 0 aliphatic carbocycles. The summed E-state index contributed by atoms with van der Waals surface area (Å²) in [5.74, 6) is 0.656. The Morgan fingerprint density at radius 1 is 0.339 bits per heavy atom. The minimum atomic E-state index is -2.70. The molecule has 8 aromatic carbocycles. The van der Waals surface area contributed by atoms with E-state index in [1.54, 1.807) is 0 Å². The van der Waals surface area contributed by atoms with Gasteiger partial charge in [0.1, 0.15) is 16.8 Å². The number of nitrogens with zero attached hydrogens (tertiary/aromatic N) is 2. The number of aromatic nitrogens is 2. The first-order valence-corrected chi connectivity index (χ1v) is 21.0. The minimum Gasteiger partial charge on any atom is -0.452 e. The van der Waals surface area contributed by atoms with Crippen molar-refractivity contribution in [3.8, 4) is 44.9 Å². The smallest absolute Gasteiger partial charge is 0.180 e. The molecule has 264 valence electrons. The molecule has 2 aromatic heterocycles. The van der Waals surface area contributed by atoms with Crippen molar-refractivity contribution in [1.82, 2.24) is 9.97 Å². The maximum Gasteiger partial charge on any atom is 0.180 e. The van der Waals surface area contributed by atoms with Gasteiger partial charge in [0.05, 0.1) is 0 Å². The summed E-state index contributed by atoms with van der Waals surface area (Å²) < 4.78 is 6.50. The fourth-order valence-corrected chi connectivity index (χ4v) is 13.0. The lowest BCUT2D eigenvalue weighted by Crippen LogP contribution is -2.74. The Kier molecular flexibility index (Phi) is 8.51. The quantitative estimate of drug-likeness (QED) is 0.115. The number of furan rings is 1. The lowest BCUT2D eigenvalue weighted by molar-refractivity contribution is 0.667. The zero-order valence-corrected chi connectivity index (χ0v) is 31.6. The molecule has 10 aromatic rings. The Labute approximate surface area is 327 Å². The van der Waals surface area contributed by atoms with Gasteiger partial charge in [-0.3, -0.25) is 0 Å². The standard InChI is InChI=1S/C52H36N2OSi/c1-5-18-37(19-6-1)38-20-15-23-41(34-38)49-51-50(47-32-13-14-33-48(47)55-51)54-52(53-49)42-24-16-21-39(35-42)40-22-17-31-46(36-40)56(43-25-7-2-8-26-43,44-27-9-3-10-28-44)45-29-11-4-12-30-45/h1-36H. The van der Waals surface area contributed by atoms with Gasteiger partial charge in [0.2, 0.25) is 0 Å². The Hall–Kier alpha value is -7.14. The lowest BCUT2D eigenvalue weighted by atomic mass is 10.0. The van der Waals surface area contributed by atoms with E-state index >= 15 is 0 Å². The van der Waals surface area contributed by atoms with Crippen molar-refractivity contribution in [3.63, 3.8) is 0 Å². The molecule has 0 aliphatic rings. The zero-order chi connectivity index (χ0) is 37.3. The molecule has 0 spiro atoms. The summed E-state index contributed by atoms with van der Waals surface area (Å²) >= 11 is 0. The van der Waals surface area contributed by atoms with Gasteiger partial charge in [-0.1, -0.05) is 194 Å². The van der Waals surface area contributed by atoms with Crippen LogP contribution in [0.5, 0.6) is 0 Å². The summed E-state index contributed by atoms with van der Waals surface area (Å²) in [7, 11) is -2.70. The van der Waals surface area contributed by atoms with E-state index in [1.807, 2.05) is 24.3 Å². The molecule has 0 amide bonds. The monoisotopic (exact) mass is 732 g/mol. The number of para-hydroxylation sites is 1. The molecule has 4 heteroatoms. The normalized spacial score (nSPS) is 11.6. The summed E-state index contributed by atoms with van der Waals surface area (Å²) in [6.45, 7) is 0. The fourth-order valence-electron chi connectivity index (χ4n) is 8.23. The van der Waals surface area contributed by atoms with Crippen LogP contribution in [-0.4, -0.2) is 18.0 Å².